The molecule has 0 amide bonds. The summed E-state index contributed by atoms with van der Waals surface area (Å²) in [5.74, 6) is 0.417. The van der Waals surface area contributed by atoms with Crippen molar-refractivity contribution in [3.63, 3.8) is 0 Å². The van der Waals surface area contributed by atoms with E-state index in [4.69, 9.17) is 9.84 Å². The number of hydrogen-bond acceptors (Lipinski definition) is 5. The van der Waals surface area contributed by atoms with Crippen molar-refractivity contribution in [2.45, 2.75) is 25.3 Å². The van der Waals surface area contributed by atoms with E-state index in [1.54, 1.807) is 6.92 Å². The number of rotatable bonds is 3. The number of nitrogens with zero attached hydrogens (tertiary/aromatic N) is 4. The smallest absolute Gasteiger partial charge is 0.328 e. The maximum atomic E-state index is 11.1. The van der Waals surface area contributed by atoms with E-state index >= 15 is 0 Å². The molecule has 0 radical (unpaired) electrons. The molecule has 2 heterocycles. The SMILES string of the molecule is CC(C(=O)O)n1nnnc1C1COc2ccccc2C1. The van der Waals surface area contributed by atoms with Crippen molar-refractivity contribution in [2.24, 2.45) is 0 Å². The molecule has 2 atom stereocenters. The second kappa shape index (κ2) is 4.92. The Labute approximate surface area is 115 Å². The predicted molar refractivity (Wildman–Crippen MR) is 68.5 cm³/mol. The Hall–Kier alpha value is -2.44. The molecule has 0 bridgehead atoms. The fourth-order valence-corrected chi connectivity index (χ4v) is 2.34. The van der Waals surface area contributed by atoms with Crippen molar-refractivity contribution < 1.29 is 14.6 Å². The van der Waals surface area contributed by atoms with E-state index in [0.29, 0.717) is 12.4 Å². The number of carboxylic acid groups (broad SMARTS) is 1. The van der Waals surface area contributed by atoms with Crippen LogP contribution in [-0.4, -0.2) is 37.9 Å². The van der Waals surface area contributed by atoms with Crippen molar-refractivity contribution in [2.75, 3.05) is 6.61 Å². The number of para-hydroxylation sites is 1. The van der Waals surface area contributed by atoms with Gasteiger partial charge in [0.25, 0.3) is 0 Å². The standard InChI is InChI=1S/C13H14N4O3/c1-8(13(18)19)17-12(14-15-16-17)10-6-9-4-2-3-5-11(9)20-7-10/h2-5,8,10H,6-7H2,1H3,(H,18,19). The number of carboxylic acids is 1. The third-order valence-electron chi connectivity index (χ3n) is 3.49. The minimum atomic E-state index is -0.962. The van der Waals surface area contributed by atoms with Crippen molar-refractivity contribution >= 4 is 5.97 Å². The molecule has 1 aliphatic rings. The monoisotopic (exact) mass is 274 g/mol. The van der Waals surface area contributed by atoms with Gasteiger partial charge in [-0.1, -0.05) is 18.2 Å². The van der Waals surface area contributed by atoms with Crippen molar-refractivity contribution in [3.8, 4) is 5.75 Å². The maximum absolute atomic E-state index is 11.1. The van der Waals surface area contributed by atoms with Crippen LogP contribution in [0.2, 0.25) is 0 Å². The predicted octanol–water partition coefficient (Wildman–Crippen LogP) is 1.04. The molecule has 2 aromatic rings. The topological polar surface area (TPSA) is 90.1 Å². The summed E-state index contributed by atoms with van der Waals surface area (Å²) in [6.07, 6.45) is 0.739. The zero-order chi connectivity index (χ0) is 14.1. The van der Waals surface area contributed by atoms with Crippen LogP contribution < -0.4 is 4.74 Å². The highest BCUT2D eigenvalue weighted by Crippen LogP contribution is 2.31. The van der Waals surface area contributed by atoms with Crippen molar-refractivity contribution in [3.05, 3.63) is 35.7 Å². The summed E-state index contributed by atoms with van der Waals surface area (Å²) in [5, 5.41) is 20.5. The molecule has 1 aromatic heterocycles. The zero-order valence-corrected chi connectivity index (χ0v) is 10.9. The number of aromatic nitrogens is 4. The van der Waals surface area contributed by atoms with E-state index in [2.05, 4.69) is 15.5 Å². The average molecular weight is 274 g/mol. The molecule has 104 valence electrons. The first-order chi connectivity index (χ1) is 9.66. The lowest BCUT2D eigenvalue weighted by Gasteiger charge is -2.24. The fourth-order valence-electron chi connectivity index (χ4n) is 2.34. The van der Waals surface area contributed by atoms with E-state index in [0.717, 1.165) is 17.7 Å². The van der Waals surface area contributed by atoms with Crippen LogP contribution in [-0.2, 0) is 11.2 Å². The average Bonchev–Trinajstić information content (AvgIpc) is 2.95. The van der Waals surface area contributed by atoms with E-state index < -0.39 is 12.0 Å². The summed E-state index contributed by atoms with van der Waals surface area (Å²) >= 11 is 0. The van der Waals surface area contributed by atoms with Crippen LogP contribution in [0.5, 0.6) is 5.75 Å². The lowest BCUT2D eigenvalue weighted by Crippen LogP contribution is -2.26. The van der Waals surface area contributed by atoms with Gasteiger partial charge >= 0.3 is 5.97 Å². The summed E-state index contributed by atoms with van der Waals surface area (Å²) < 4.78 is 7.05. The van der Waals surface area contributed by atoms with Crippen molar-refractivity contribution in [1.82, 2.24) is 20.2 Å². The Morgan fingerprint density at radius 2 is 2.30 bits per heavy atom. The van der Waals surface area contributed by atoms with Crippen LogP contribution in [0.1, 0.15) is 30.3 Å². The molecule has 7 heteroatoms. The summed E-state index contributed by atoms with van der Waals surface area (Å²) in [7, 11) is 0. The summed E-state index contributed by atoms with van der Waals surface area (Å²) in [5.41, 5.74) is 1.08. The molecule has 1 aromatic carbocycles. The molecule has 0 spiro atoms. The highest BCUT2D eigenvalue weighted by atomic mass is 16.5. The number of fused-ring (bicyclic) bond motifs is 1. The van der Waals surface area contributed by atoms with E-state index in [1.807, 2.05) is 24.3 Å². The Bertz CT molecular complexity index is 640. The molecular formula is C13H14N4O3. The van der Waals surface area contributed by atoms with Crippen LogP contribution in [0.3, 0.4) is 0 Å². The summed E-state index contributed by atoms with van der Waals surface area (Å²) in [6.45, 7) is 2.00. The second-order valence-corrected chi connectivity index (χ2v) is 4.82. The normalized spacial score (nSPS) is 18.9. The first kappa shape index (κ1) is 12.6. The number of hydrogen-bond donors (Lipinski definition) is 1. The second-order valence-electron chi connectivity index (χ2n) is 4.82. The Morgan fingerprint density at radius 3 is 3.10 bits per heavy atom. The highest BCUT2D eigenvalue weighted by molar-refractivity contribution is 5.71. The van der Waals surface area contributed by atoms with Gasteiger partial charge in [-0.25, -0.2) is 9.48 Å². The van der Waals surface area contributed by atoms with Gasteiger partial charge in [0, 0.05) is 0 Å². The first-order valence-electron chi connectivity index (χ1n) is 6.38. The summed E-state index contributed by atoms with van der Waals surface area (Å²) in [4.78, 5) is 11.1. The van der Waals surface area contributed by atoms with Gasteiger partial charge in [-0.2, -0.15) is 0 Å². The van der Waals surface area contributed by atoms with Crippen LogP contribution in [0.15, 0.2) is 24.3 Å². The molecule has 2 unspecified atom stereocenters. The number of ether oxygens (including phenoxy) is 1. The Balaban J connectivity index is 1.89. The van der Waals surface area contributed by atoms with Gasteiger partial charge < -0.3 is 9.84 Å². The lowest BCUT2D eigenvalue weighted by atomic mass is 9.96. The molecule has 1 N–H and O–H groups in total. The number of carbonyl (C=O) groups is 1. The highest BCUT2D eigenvalue weighted by Gasteiger charge is 2.29. The van der Waals surface area contributed by atoms with Crippen LogP contribution in [0.4, 0.5) is 0 Å². The Morgan fingerprint density at radius 1 is 1.50 bits per heavy atom. The van der Waals surface area contributed by atoms with Gasteiger partial charge in [0.15, 0.2) is 5.82 Å². The van der Waals surface area contributed by atoms with Gasteiger partial charge in [0.1, 0.15) is 11.8 Å². The fraction of sp³-hybridized carbons (Fsp3) is 0.385. The number of benzene rings is 1. The van der Waals surface area contributed by atoms with Gasteiger partial charge in [-0.15, -0.1) is 5.10 Å². The van der Waals surface area contributed by atoms with Gasteiger partial charge in [-0.05, 0) is 35.4 Å². The first-order valence-corrected chi connectivity index (χ1v) is 6.38. The molecule has 1 aliphatic heterocycles. The molecule has 20 heavy (non-hydrogen) atoms. The van der Waals surface area contributed by atoms with Gasteiger partial charge in [0.05, 0.1) is 12.5 Å². The van der Waals surface area contributed by atoms with E-state index in [9.17, 15) is 4.79 Å². The molecule has 0 fully saturated rings. The van der Waals surface area contributed by atoms with Gasteiger partial charge in [-0.3, -0.25) is 0 Å². The third-order valence-corrected chi connectivity index (χ3v) is 3.49. The zero-order valence-electron chi connectivity index (χ0n) is 10.9. The summed E-state index contributed by atoms with van der Waals surface area (Å²) in [6, 6.07) is 7.01. The molecule has 0 saturated carbocycles. The molecule has 7 nitrogen and oxygen atoms in total. The van der Waals surface area contributed by atoms with E-state index in [1.165, 1.54) is 4.68 Å². The van der Waals surface area contributed by atoms with Crippen molar-refractivity contribution in [1.29, 1.82) is 0 Å². The van der Waals surface area contributed by atoms with Crippen LogP contribution in [0, 0.1) is 0 Å². The Kier molecular flexibility index (Phi) is 3.09. The molecule has 3 rings (SSSR count). The van der Waals surface area contributed by atoms with Crippen LogP contribution in [0.25, 0.3) is 0 Å². The van der Waals surface area contributed by atoms with E-state index in [-0.39, 0.29) is 5.92 Å². The maximum Gasteiger partial charge on any atom is 0.328 e. The molecular weight excluding hydrogens is 260 g/mol. The van der Waals surface area contributed by atoms with Crippen LogP contribution >= 0.6 is 0 Å². The largest absolute Gasteiger partial charge is 0.493 e. The minimum absolute atomic E-state index is 0.0401. The number of tetrazole rings is 1. The number of aliphatic carboxylic acids is 1. The lowest BCUT2D eigenvalue weighted by molar-refractivity contribution is -0.140. The minimum Gasteiger partial charge on any atom is -0.493 e. The van der Waals surface area contributed by atoms with Gasteiger partial charge in [0.2, 0.25) is 0 Å². The molecule has 0 saturated heterocycles. The molecule has 0 aliphatic carbocycles. The third kappa shape index (κ3) is 2.11. The quantitative estimate of drug-likeness (QED) is 0.899.